The normalized spacial score (nSPS) is 16.5. The molecule has 26 heavy (non-hydrogen) atoms. The highest BCUT2D eigenvalue weighted by Crippen LogP contribution is 2.35. The van der Waals surface area contributed by atoms with Crippen LogP contribution in [0.15, 0.2) is 52.5 Å². The van der Waals surface area contributed by atoms with Crippen LogP contribution in [0, 0.1) is 10.1 Å². The summed E-state index contributed by atoms with van der Waals surface area (Å²) < 4.78 is 26.5. The molecule has 0 unspecified atom stereocenters. The van der Waals surface area contributed by atoms with Crippen molar-refractivity contribution in [3.8, 4) is 0 Å². The first-order valence-corrected chi connectivity index (χ1v) is 10.6. The van der Waals surface area contributed by atoms with Crippen molar-refractivity contribution in [2.75, 3.05) is 13.1 Å². The van der Waals surface area contributed by atoms with E-state index in [0.717, 1.165) is 18.4 Å². The molecule has 2 aromatic rings. The number of nitro groups is 1. The summed E-state index contributed by atoms with van der Waals surface area (Å²) in [6.07, 6.45) is 3.17. The van der Waals surface area contributed by atoms with Gasteiger partial charge in [-0.25, -0.2) is 13.4 Å². The molecule has 138 valence electrons. The first-order valence-electron chi connectivity index (χ1n) is 8.25. The molecule has 7 nitrogen and oxygen atoms in total. The average molecular weight is 393 g/mol. The largest absolute Gasteiger partial charge is 0.269 e. The molecule has 0 spiro atoms. The maximum Gasteiger partial charge on any atom is 0.269 e. The van der Waals surface area contributed by atoms with Crippen molar-refractivity contribution >= 4 is 27.5 Å². The van der Waals surface area contributed by atoms with Crippen LogP contribution in [0.1, 0.15) is 30.6 Å². The van der Waals surface area contributed by atoms with Gasteiger partial charge in [-0.2, -0.15) is 4.31 Å². The molecule has 0 radical (unpaired) electrons. The summed E-state index contributed by atoms with van der Waals surface area (Å²) in [5, 5.41) is 11.5. The maximum absolute atomic E-state index is 12.5. The molecule has 2 heterocycles. The van der Waals surface area contributed by atoms with Gasteiger partial charge in [-0.3, -0.25) is 10.1 Å². The van der Waals surface area contributed by atoms with Crippen LogP contribution in [0.4, 0.5) is 5.69 Å². The number of thioether (sulfide) groups is 1. The number of nitrogens with zero attached hydrogens (tertiary/aromatic N) is 3. The molecular weight excluding hydrogens is 374 g/mol. The van der Waals surface area contributed by atoms with Crippen LogP contribution < -0.4 is 0 Å². The highest BCUT2D eigenvalue weighted by molar-refractivity contribution is 7.99. The van der Waals surface area contributed by atoms with Crippen molar-refractivity contribution in [2.24, 2.45) is 0 Å². The number of hydrogen-bond acceptors (Lipinski definition) is 6. The summed E-state index contributed by atoms with van der Waals surface area (Å²) in [6.45, 7) is 3.05. The predicted molar refractivity (Wildman–Crippen MR) is 99.6 cm³/mol. The third-order valence-corrected chi connectivity index (χ3v) is 7.25. The van der Waals surface area contributed by atoms with Gasteiger partial charge in [-0.05, 0) is 37.5 Å². The zero-order valence-electron chi connectivity index (χ0n) is 14.2. The first-order chi connectivity index (χ1) is 12.4. The van der Waals surface area contributed by atoms with Gasteiger partial charge in [0.05, 0.1) is 9.95 Å². The fraction of sp³-hybridized carbons (Fsp3) is 0.353. The lowest BCUT2D eigenvalue weighted by Gasteiger charge is -2.15. The lowest BCUT2D eigenvalue weighted by molar-refractivity contribution is -0.384. The third kappa shape index (κ3) is 4.05. The number of pyridine rings is 1. The van der Waals surface area contributed by atoms with Crippen LogP contribution in [0.5, 0.6) is 0 Å². The van der Waals surface area contributed by atoms with Gasteiger partial charge in [-0.1, -0.05) is 23.9 Å². The fourth-order valence-electron chi connectivity index (χ4n) is 2.81. The number of hydrogen-bond donors (Lipinski definition) is 0. The van der Waals surface area contributed by atoms with Gasteiger partial charge in [0.1, 0.15) is 4.90 Å². The van der Waals surface area contributed by atoms with Crippen molar-refractivity contribution in [3.63, 3.8) is 0 Å². The van der Waals surface area contributed by atoms with Gasteiger partial charge in [0.15, 0.2) is 0 Å². The summed E-state index contributed by atoms with van der Waals surface area (Å²) in [7, 11) is -3.46. The summed E-state index contributed by atoms with van der Waals surface area (Å²) in [6, 6.07) is 9.74. The number of aromatic nitrogens is 1. The second-order valence-electron chi connectivity index (χ2n) is 6.06. The molecule has 0 saturated carbocycles. The number of nitro benzene ring substituents is 1. The zero-order valence-corrected chi connectivity index (χ0v) is 15.9. The Hall–Kier alpha value is -1.97. The quantitative estimate of drug-likeness (QED) is 0.423. The Labute approximate surface area is 156 Å². The summed E-state index contributed by atoms with van der Waals surface area (Å²) in [5.74, 6) is 0. The lowest BCUT2D eigenvalue weighted by Crippen LogP contribution is -2.27. The van der Waals surface area contributed by atoms with Gasteiger partial charge in [0, 0.05) is 36.7 Å². The molecule has 0 N–H and O–H groups in total. The molecule has 1 atom stereocenters. The molecule has 0 bridgehead atoms. The highest BCUT2D eigenvalue weighted by atomic mass is 32.2. The molecule has 3 rings (SSSR count). The van der Waals surface area contributed by atoms with Gasteiger partial charge >= 0.3 is 0 Å². The number of rotatable bonds is 6. The van der Waals surface area contributed by atoms with E-state index in [0.29, 0.717) is 18.1 Å². The Morgan fingerprint density at radius 1 is 1.23 bits per heavy atom. The second-order valence-corrected chi connectivity index (χ2v) is 9.35. The zero-order chi connectivity index (χ0) is 18.7. The maximum atomic E-state index is 12.5. The van der Waals surface area contributed by atoms with Crippen molar-refractivity contribution in [1.82, 2.24) is 9.29 Å². The first kappa shape index (κ1) is 18.8. The summed E-state index contributed by atoms with van der Waals surface area (Å²) >= 11 is 1.43. The van der Waals surface area contributed by atoms with Crippen molar-refractivity contribution in [1.29, 1.82) is 0 Å². The second kappa shape index (κ2) is 7.73. The average Bonchev–Trinajstić information content (AvgIpc) is 3.18. The van der Waals surface area contributed by atoms with E-state index < -0.39 is 14.9 Å². The smallest absolute Gasteiger partial charge is 0.258 e. The Morgan fingerprint density at radius 3 is 2.58 bits per heavy atom. The van der Waals surface area contributed by atoms with E-state index in [2.05, 4.69) is 4.98 Å². The molecule has 1 saturated heterocycles. The Balaban J connectivity index is 1.73. The van der Waals surface area contributed by atoms with Gasteiger partial charge in [-0.15, -0.1) is 0 Å². The van der Waals surface area contributed by atoms with Gasteiger partial charge in [0.2, 0.25) is 10.0 Å². The van der Waals surface area contributed by atoms with Crippen LogP contribution in [-0.2, 0) is 10.0 Å². The van der Waals surface area contributed by atoms with Crippen molar-refractivity contribution < 1.29 is 13.3 Å². The molecule has 0 aliphatic carbocycles. The molecule has 1 aliphatic heterocycles. The van der Waals surface area contributed by atoms with Crippen LogP contribution in [-0.4, -0.2) is 35.7 Å². The Morgan fingerprint density at radius 2 is 1.96 bits per heavy atom. The molecule has 1 aromatic heterocycles. The Bertz CT molecular complexity index is 894. The monoisotopic (exact) mass is 393 g/mol. The van der Waals surface area contributed by atoms with E-state index in [9.17, 15) is 18.5 Å². The molecular formula is C17H19N3O4S2. The predicted octanol–water partition coefficient (Wildman–Crippen LogP) is 3.63. The van der Waals surface area contributed by atoms with Crippen LogP contribution in [0.3, 0.4) is 0 Å². The molecule has 1 aromatic carbocycles. The molecule has 1 aliphatic rings. The Kier molecular flexibility index (Phi) is 5.59. The highest BCUT2D eigenvalue weighted by Gasteiger charge is 2.27. The van der Waals surface area contributed by atoms with Crippen molar-refractivity contribution in [2.45, 2.75) is 34.9 Å². The topological polar surface area (TPSA) is 93.4 Å². The van der Waals surface area contributed by atoms with Crippen LogP contribution >= 0.6 is 11.8 Å². The fourth-order valence-corrected chi connectivity index (χ4v) is 5.18. The van der Waals surface area contributed by atoms with Crippen LogP contribution in [0.25, 0.3) is 0 Å². The molecule has 1 fully saturated rings. The van der Waals surface area contributed by atoms with E-state index in [1.807, 2.05) is 13.0 Å². The molecule has 9 heteroatoms. The minimum atomic E-state index is -3.46. The van der Waals surface area contributed by atoms with E-state index in [1.165, 1.54) is 28.3 Å². The standard InChI is InChI=1S/C17H19N3O4S2/c1-13(14-5-4-6-15(11-14)20(21)22)25-17-8-7-16(12-18-17)26(23,24)19-9-2-3-10-19/h4-8,11-13H,2-3,9-10H2,1H3/t13-/m0/s1. The van der Waals surface area contributed by atoms with E-state index in [1.54, 1.807) is 24.3 Å². The van der Waals surface area contributed by atoms with Crippen LogP contribution in [0.2, 0.25) is 0 Å². The minimum Gasteiger partial charge on any atom is -0.258 e. The lowest BCUT2D eigenvalue weighted by atomic mass is 10.1. The number of benzene rings is 1. The van der Waals surface area contributed by atoms with Gasteiger partial charge in [0.25, 0.3) is 5.69 Å². The molecule has 0 amide bonds. The van der Waals surface area contributed by atoms with E-state index in [-0.39, 0.29) is 15.8 Å². The van der Waals surface area contributed by atoms with Crippen molar-refractivity contribution in [3.05, 3.63) is 58.3 Å². The SMILES string of the molecule is C[C@H](Sc1ccc(S(=O)(=O)N2CCCC2)cn1)c1cccc([N+](=O)[O-])c1. The number of non-ortho nitro benzene ring substituents is 1. The number of sulfonamides is 1. The van der Waals surface area contributed by atoms with Gasteiger partial charge < -0.3 is 0 Å². The third-order valence-electron chi connectivity index (χ3n) is 4.26. The van der Waals surface area contributed by atoms with E-state index >= 15 is 0 Å². The van der Waals surface area contributed by atoms with E-state index in [4.69, 9.17) is 0 Å². The summed E-state index contributed by atoms with van der Waals surface area (Å²) in [5.41, 5.74) is 0.870. The minimum absolute atomic E-state index is 0.0509. The summed E-state index contributed by atoms with van der Waals surface area (Å²) in [4.78, 5) is 14.9.